The Bertz CT molecular complexity index is 413. The molecule has 1 aromatic carbocycles. The molecule has 0 aromatic heterocycles. The highest BCUT2D eigenvalue weighted by Crippen LogP contribution is 2.26. The number of hydrogen-bond acceptors (Lipinski definition) is 4. The molecule has 0 radical (unpaired) electrons. The van der Waals surface area contributed by atoms with Crippen LogP contribution in [0.5, 0.6) is 0 Å². The van der Waals surface area contributed by atoms with Crippen LogP contribution in [-0.4, -0.2) is 24.7 Å². The van der Waals surface area contributed by atoms with Gasteiger partial charge in [-0.15, -0.1) is 0 Å². The lowest BCUT2D eigenvalue weighted by atomic mass is 10.2. The van der Waals surface area contributed by atoms with E-state index < -0.39 is 0 Å². The molecule has 0 saturated heterocycles. The Balaban J connectivity index is 2.35. The number of anilines is 1. The quantitative estimate of drug-likeness (QED) is 0.307. The van der Waals surface area contributed by atoms with Gasteiger partial charge in [0.1, 0.15) is 5.69 Å². The monoisotopic (exact) mass is 378 g/mol. The van der Waals surface area contributed by atoms with E-state index >= 15 is 0 Å². The summed E-state index contributed by atoms with van der Waals surface area (Å²) in [5, 5.41) is 14.0. The molecule has 0 bridgehead atoms. The number of halogens is 1. The van der Waals surface area contributed by atoms with Gasteiger partial charge in [-0.3, -0.25) is 10.1 Å². The molecule has 0 amide bonds. The van der Waals surface area contributed by atoms with Gasteiger partial charge in [0.2, 0.25) is 0 Å². The van der Waals surface area contributed by atoms with Crippen LogP contribution in [-0.2, 0) is 4.74 Å². The van der Waals surface area contributed by atoms with E-state index in [0.29, 0.717) is 18.8 Å². The largest absolute Gasteiger partial charge is 0.381 e. The van der Waals surface area contributed by atoms with Crippen molar-refractivity contribution in [2.24, 2.45) is 0 Å². The van der Waals surface area contributed by atoms with Crippen LogP contribution in [0, 0.1) is 13.7 Å². The van der Waals surface area contributed by atoms with Gasteiger partial charge >= 0.3 is 0 Å². The van der Waals surface area contributed by atoms with Crippen molar-refractivity contribution in [1.82, 2.24) is 0 Å². The molecule has 0 unspecified atom stereocenters. The van der Waals surface area contributed by atoms with E-state index in [4.69, 9.17) is 4.74 Å². The molecule has 106 valence electrons. The Morgan fingerprint density at radius 1 is 1.37 bits per heavy atom. The summed E-state index contributed by atoms with van der Waals surface area (Å²) < 4.78 is 6.29. The smallest absolute Gasteiger partial charge is 0.293 e. The highest BCUT2D eigenvalue weighted by molar-refractivity contribution is 14.1. The average Bonchev–Trinajstić information content (AvgIpc) is 2.39. The maximum Gasteiger partial charge on any atom is 0.293 e. The molecule has 0 aliphatic carbocycles. The van der Waals surface area contributed by atoms with E-state index in [1.54, 1.807) is 12.1 Å². The molecule has 0 aliphatic heterocycles. The molecule has 0 heterocycles. The lowest BCUT2D eigenvalue weighted by Crippen LogP contribution is -2.08. The minimum absolute atomic E-state index is 0.124. The SMILES string of the molecule is CCCCOCCCNc1ccc(I)cc1[N+](=O)[O-]. The molecule has 19 heavy (non-hydrogen) atoms. The molecule has 5 nitrogen and oxygen atoms in total. The second kappa shape index (κ2) is 9.08. The van der Waals surface area contributed by atoms with Gasteiger partial charge in [-0.2, -0.15) is 0 Å². The van der Waals surface area contributed by atoms with Crippen LogP contribution in [0.15, 0.2) is 18.2 Å². The third-order valence-corrected chi connectivity index (χ3v) is 3.25. The van der Waals surface area contributed by atoms with Gasteiger partial charge in [0.15, 0.2) is 0 Å². The highest BCUT2D eigenvalue weighted by Gasteiger charge is 2.13. The number of ether oxygens (including phenoxy) is 1. The van der Waals surface area contributed by atoms with Crippen LogP contribution in [0.1, 0.15) is 26.2 Å². The van der Waals surface area contributed by atoms with Gasteiger partial charge in [-0.25, -0.2) is 0 Å². The van der Waals surface area contributed by atoms with Crippen molar-refractivity contribution in [3.8, 4) is 0 Å². The van der Waals surface area contributed by atoms with Crippen molar-refractivity contribution in [3.05, 3.63) is 31.9 Å². The van der Waals surface area contributed by atoms with Crippen LogP contribution in [0.2, 0.25) is 0 Å². The predicted molar refractivity (Wildman–Crippen MR) is 84.6 cm³/mol. The normalized spacial score (nSPS) is 10.4. The van der Waals surface area contributed by atoms with Crippen molar-refractivity contribution < 1.29 is 9.66 Å². The molecule has 1 rings (SSSR count). The first kappa shape index (κ1) is 16.2. The van der Waals surface area contributed by atoms with Crippen LogP contribution in [0.25, 0.3) is 0 Å². The number of rotatable bonds is 9. The topological polar surface area (TPSA) is 64.4 Å². The zero-order valence-corrected chi connectivity index (χ0v) is 13.2. The summed E-state index contributed by atoms with van der Waals surface area (Å²) in [5.41, 5.74) is 0.692. The summed E-state index contributed by atoms with van der Waals surface area (Å²) in [6.07, 6.45) is 3.05. The molecule has 0 aliphatic rings. The van der Waals surface area contributed by atoms with Gasteiger partial charge in [-0.05, 0) is 47.6 Å². The molecular weight excluding hydrogens is 359 g/mol. The Morgan fingerprint density at radius 3 is 2.79 bits per heavy atom. The zero-order chi connectivity index (χ0) is 14.1. The second-order valence-corrected chi connectivity index (χ2v) is 5.41. The first-order valence-corrected chi connectivity index (χ1v) is 7.48. The Hall–Kier alpha value is -0.890. The molecule has 0 atom stereocenters. The van der Waals surface area contributed by atoms with Crippen LogP contribution < -0.4 is 5.32 Å². The summed E-state index contributed by atoms with van der Waals surface area (Å²) >= 11 is 2.07. The van der Waals surface area contributed by atoms with Gasteiger partial charge in [-0.1, -0.05) is 13.3 Å². The van der Waals surface area contributed by atoms with E-state index in [9.17, 15) is 10.1 Å². The van der Waals surface area contributed by atoms with Crippen LogP contribution in [0.4, 0.5) is 11.4 Å². The van der Waals surface area contributed by atoms with E-state index in [1.165, 1.54) is 0 Å². The summed E-state index contributed by atoms with van der Waals surface area (Å²) in [7, 11) is 0. The molecule has 1 aromatic rings. The minimum Gasteiger partial charge on any atom is -0.381 e. The predicted octanol–water partition coefficient (Wildman–Crippen LogP) is 3.82. The zero-order valence-electron chi connectivity index (χ0n) is 11.0. The van der Waals surface area contributed by atoms with Gasteiger partial charge in [0, 0.05) is 29.4 Å². The Labute approximate surface area is 127 Å². The number of hydrogen-bond donors (Lipinski definition) is 1. The van der Waals surface area contributed by atoms with Crippen LogP contribution in [0.3, 0.4) is 0 Å². The summed E-state index contributed by atoms with van der Waals surface area (Å²) in [4.78, 5) is 10.6. The number of nitro benzene ring substituents is 1. The molecule has 0 spiro atoms. The van der Waals surface area contributed by atoms with E-state index in [1.807, 2.05) is 6.07 Å². The Morgan fingerprint density at radius 2 is 2.11 bits per heavy atom. The van der Waals surface area contributed by atoms with Gasteiger partial charge < -0.3 is 10.1 Å². The van der Waals surface area contributed by atoms with Crippen molar-refractivity contribution in [2.45, 2.75) is 26.2 Å². The summed E-state index contributed by atoms with van der Waals surface area (Å²) in [6.45, 7) is 4.28. The lowest BCUT2D eigenvalue weighted by Gasteiger charge is -2.07. The molecule has 0 fully saturated rings. The van der Waals surface area contributed by atoms with Crippen molar-refractivity contribution in [1.29, 1.82) is 0 Å². The summed E-state index contributed by atoms with van der Waals surface area (Å²) in [5.74, 6) is 0. The van der Waals surface area contributed by atoms with Crippen molar-refractivity contribution in [2.75, 3.05) is 25.1 Å². The summed E-state index contributed by atoms with van der Waals surface area (Å²) in [6, 6.07) is 5.17. The number of nitrogens with zero attached hydrogens (tertiary/aromatic N) is 1. The molecule has 1 N–H and O–H groups in total. The van der Waals surface area contributed by atoms with Gasteiger partial charge in [0.25, 0.3) is 5.69 Å². The van der Waals surface area contributed by atoms with Crippen molar-refractivity contribution >= 4 is 34.0 Å². The fourth-order valence-electron chi connectivity index (χ4n) is 1.55. The number of nitro groups is 1. The maximum absolute atomic E-state index is 10.9. The fraction of sp³-hybridized carbons (Fsp3) is 0.538. The molecule has 6 heteroatoms. The minimum atomic E-state index is -0.359. The number of benzene rings is 1. The van der Waals surface area contributed by atoms with Crippen LogP contribution >= 0.6 is 22.6 Å². The standard InChI is InChI=1S/C13H19IN2O3/c1-2-3-8-19-9-4-7-15-12-6-5-11(14)10-13(12)16(17)18/h5-6,10,15H,2-4,7-9H2,1H3. The first-order chi connectivity index (χ1) is 9.15. The number of nitrogens with one attached hydrogen (secondary N) is 1. The second-order valence-electron chi connectivity index (χ2n) is 4.16. The maximum atomic E-state index is 10.9. The van der Waals surface area contributed by atoms with Crippen molar-refractivity contribution in [3.63, 3.8) is 0 Å². The number of unbranched alkanes of at least 4 members (excludes halogenated alkanes) is 1. The third kappa shape index (κ3) is 6.20. The van der Waals surface area contributed by atoms with Gasteiger partial charge in [0.05, 0.1) is 4.92 Å². The van der Waals surface area contributed by atoms with E-state index in [-0.39, 0.29) is 10.6 Å². The molecular formula is C13H19IN2O3. The fourth-order valence-corrected chi connectivity index (χ4v) is 2.03. The average molecular weight is 378 g/mol. The highest BCUT2D eigenvalue weighted by atomic mass is 127. The lowest BCUT2D eigenvalue weighted by molar-refractivity contribution is -0.384. The molecule has 0 saturated carbocycles. The Kier molecular flexibility index (Phi) is 7.73. The third-order valence-electron chi connectivity index (χ3n) is 2.58. The van der Waals surface area contributed by atoms with E-state index in [0.717, 1.165) is 29.4 Å². The first-order valence-electron chi connectivity index (χ1n) is 6.40. The van der Waals surface area contributed by atoms with E-state index in [2.05, 4.69) is 34.8 Å².